The van der Waals surface area contributed by atoms with Gasteiger partial charge in [0, 0.05) is 16.2 Å². The van der Waals surface area contributed by atoms with Crippen molar-refractivity contribution in [2.45, 2.75) is 19.3 Å². The van der Waals surface area contributed by atoms with Crippen LogP contribution in [-0.4, -0.2) is 0 Å². The smallest absolute Gasteiger partial charge is 0.136 e. The molecule has 11 rings (SSSR count). The minimum atomic E-state index is -0.0636. The van der Waals surface area contributed by atoms with Gasteiger partial charge in [-0.25, -0.2) is 0 Å². The molecular weight excluding hydrogens is 581 g/mol. The molecule has 1 aliphatic carbocycles. The van der Waals surface area contributed by atoms with Crippen LogP contribution in [-0.2, 0) is 5.41 Å². The lowest BCUT2D eigenvalue weighted by molar-refractivity contribution is 0.661. The highest BCUT2D eigenvalue weighted by Crippen LogP contribution is 2.53. The second-order valence-electron chi connectivity index (χ2n) is 14.0. The lowest BCUT2D eigenvalue weighted by Gasteiger charge is -2.22. The predicted octanol–water partition coefficient (Wildman–Crippen LogP) is 13.3. The molecular formula is C47H30O. The van der Waals surface area contributed by atoms with E-state index < -0.39 is 0 Å². The van der Waals surface area contributed by atoms with Gasteiger partial charge in [-0.1, -0.05) is 123 Å². The first kappa shape index (κ1) is 26.2. The summed E-state index contributed by atoms with van der Waals surface area (Å²) < 4.78 is 6.36. The van der Waals surface area contributed by atoms with Gasteiger partial charge in [0.1, 0.15) is 11.2 Å². The fourth-order valence-corrected chi connectivity index (χ4v) is 8.99. The standard InChI is InChI=1S/C47H30O/c1-47(2)39-22-19-30(25-37(39)38-24-28-10-3-4-11-29(28)26-40(38)47)43-31-13-5-7-15-33(31)45(34-16-8-6-14-32(34)43)35-21-23-42-46-36(35)20-18-27-12-9-17-41(48-42)44(27)46/h3-26H,1-2H3. The lowest BCUT2D eigenvalue weighted by atomic mass is 9.81. The molecule has 0 radical (unpaired) electrons. The van der Waals surface area contributed by atoms with Crippen molar-refractivity contribution in [3.8, 4) is 33.4 Å². The number of hydrogen-bond donors (Lipinski definition) is 0. The van der Waals surface area contributed by atoms with Crippen molar-refractivity contribution in [1.29, 1.82) is 0 Å². The average Bonchev–Trinajstić information content (AvgIpc) is 3.61. The summed E-state index contributed by atoms with van der Waals surface area (Å²) in [6.45, 7) is 4.74. The zero-order chi connectivity index (χ0) is 31.7. The Morgan fingerprint density at radius 1 is 0.396 bits per heavy atom. The van der Waals surface area contributed by atoms with Crippen LogP contribution in [0.5, 0.6) is 0 Å². The quantitative estimate of drug-likeness (QED) is 0.140. The number of fused-ring (bicyclic) bond motifs is 6. The normalized spacial score (nSPS) is 13.8. The van der Waals surface area contributed by atoms with E-state index >= 15 is 0 Å². The van der Waals surface area contributed by atoms with Crippen LogP contribution in [0.3, 0.4) is 0 Å². The number of hydrogen-bond acceptors (Lipinski definition) is 1. The maximum atomic E-state index is 6.36. The number of furan rings is 1. The van der Waals surface area contributed by atoms with E-state index in [1.165, 1.54) is 98.4 Å². The van der Waals surface area contributed by atoms with Gasteiger partial charge >= 0.3 is 0 Å². The number of benzene rings is 9. The van der Waals surface area contributed by atoms with Crippen molar-refractivity contribution in [2.75, 3.05) is 0 Å². The first-order valence-electron chi connectivity index (χ1n) is 16.8. The molecule has 9 aromatic carbocycles. The molecule has 0 fully saturated rings. The second-order valence-corrected chi connectivity index (χ2v) is 14.0. The van der Waals surface area contributed by atoms with Crippen molar-refractivity contribution in [2.24, 2.45) is 0 Å². The van der Waals surface area contributed by atoms with E-state index in [4.69, 9.17) is 4.42 Å². The zero-order valence-corrected chi connectivity index (χ0v) is 26.8. The first-order valence-corrected chi connectivity index (χ1v) is 16.8. The molecule has 1 nitrogen and oxygen atoms in total. The Balaban J connectivity index is 1.21. The molecule has 0 spiro atoms. The van der Waals surface area contributed by atoms with Crippen molar-refractivity contribution in [3.63, 3.8) is 0 Å². The fourth-order valence-electron chi connectivity index (χ4n) is 8.99. The first-order chi connectivity index (χ1) is 23.6. The summed E-state index contributed by atoms with van der Waals surface area (Å²) in [6, 6.07) is 54.0. The minimum absolute atomic E-state index is 0.0636. The van der Waals surface area contributed by atoms with Crippen molar-refractivity contribution >= 4 is 65.0 Å². The molecule has 0 amide bonds. The van der Waals surface area contributed by atoms with E-state index in [9.17, 15) is 0 Å². The van der Waals surface area contributed by atoms with Gasteiger partial charge in [-0.05, 0) is 124 Å². The van der Waals surface area contributed by atoms with Crippen LogP contribution >= 0.6 is 0 Å². The van der Waals surface area contributed by atoms with Crippen molar-refractivity contribution < 1.29 is 4.42 Å². The SMILES string of the molecule is CC1(C)c2ccc(-c3c4ccccc4c(-c4ccc5oc6cccc7ccc4c5c76)c4ccccc34)cc2-c2cc3ccccc3cc21. The lowest BCUT2D eigenvalue weighted by Crippen LogP contribution is -2.14. The summed E-state index contributed by atoms with van der Waals surface area (Å²) in [7, 11) is 0. The molecule has 0 aliphatic heterocycles. The van der Waals surface area contributed by atoms with E-state index in [0.717, 1.165) is 11.2 Å². The molecule has 1 heteroatoms. The summed E-state index contributed by atoms with van der Waals surface area (Å²) in [6.07, 6.45) is 0. The van der Waals surface area contributed by atoms with Crippen LogP contribution in [0.1, 0.15) is 25.0 Å². The van der Waals surface area contributed by atoms with Crippen LogP contribution in [0.25, 0.3) is 98.4 Å². The van der Waals surface area contributed by atoms with E-state index in [-0.39, 0.29) is 5.41 Å². The minimum Gasteiger partial charge on any atom is -0.456 e. The van der Waals surface area contributed by atoms with Crippen LogP contribution in [0.2, 0.25) is 0 Å². The largest absolute Gasteiger partial charge is 0.456 e. The van der Waals surface area contributed by atoms with Gasteiger partial charge in [0.2, 0.25) is 0 Å². The maximum Gasteiger partial charge on any atom is 0.136 e. The molecule has 1 aliphatic rings. The molecule has 48 heavy (non-hydrogen) atoms. The third kappa shape index (κ3) is 3.31. The third-order valence-corrected chi connectivity index (χ3v) is 11.2. The Kier molecular flexibility index (Phi) is 4.97. The van der Waals surface area contributed by atoms with Gasteiger partial charge in [0.15, 0.2) is 0 Å². The highest BCUT2D eigenvalue weighted by atomic mass is 16.3. The zero-order valence-electron chi connectivity index (χ0n) is 26.8. The highest BCUT2D eigenvalue weighted by molar-refractivity contribution is 6.28. The topological polar surface area (TPSA) is 13.1 Å². The van der Waals surface area contributed by atoms with Crippen LogP contribution in [0, 0.1) is 0 Å². The molecule has 0 bridgehead atoms. The maximum absolute atomic E-state index is 6.36. The van der Waals surface area contributed by atoms with Gasteiger partial charge in [0.25, 0.3) is 0 Å². The Morgan fingerprint density at radius 3 is 1.77 bits per heavy atom. The summed E-state index contributed by atoms with van der Waals surface area (Å²) in [5.41, 5.74) is 12.4. The third-order valence-electron chi connectivity index (χ3n) is 11.2. The fraction of sp³-hybridized carbons (Fsp3) is 0.0638. The van der Waals surface area contributed by atoms with Gasteiger partial charge in [-0.2, -0.15) is 0 Å². The molecule has 0 unspecified atom stereocenters. The summed E-state index contributed by atoms with van der Waals surface area (Å²) in [5, 5.41) is 12.5. The Hall–Kier alpha value is -5.92. The van der Waals surface area contributed by atoms with Gasteiger partial charge < -0.3 is 4.42 Å². The molecule has 0 saturated carbocycles. The molecule has 10 aromatic rings. The average molecular weight is 611 g/mol. The van der Waals surface area contributed by atoms with Gasteiger partial charge in [-0.3, -0.25) is 0 Å². The Labute approximate surface area is 278 Å². The van der Waals surface area contributed by atoms with Crippen LogP contribution in [0.15, 0.2) is 150 Å². The molecule has 1 aromatic heterocycles. The van der Waals surface area contributed by atoms with Crippen LogP contribution in [0.4, 0.5) is 0 Å². The highest BCUT2D eigenvalue weighted by Gasteiger charge is 2.36. The Bertz CT molecular complexity index is 2910. The Morgan fingerprint density at radius 2 is 1.02 bits per heavy atom. The molecule has 0 N–H and O–H groups in total. The van der Waals surface area contributed by atoms with Crippen LogP contribution < -0.4 is 0 Å². The second kappa shape index (κ2) is 9.12. The molecule has 0 saturated heterocycles. The monoisotopic (exact) mass is 610 g/mol. The molecule has 0 atom stereocenters. The molecule has 224 valence electrons. The van der Waals surface area contributed by atoms with Crippen molar-refractivity contribution in [3.05, 3.63) is 157 Å². The summed E-state index contributed by atoms with van der Waals surface area (Å²) in [5.74, 6) is 0. The van der Waals surface area contributed by atoms with Gasteiger partial charge in [0.05, 0.1) is 0 Å². The summed E-state index contributed by atoms with van der Waals surface area (Å²) in [4.78, 5) is 0. The van der Waals surface area contributed by atoms with Crippen molar-refractivity contribution in [1.82, 2.24) is 0 Å². The predicted molar refractivity (Wildman–Crippen MR) is 203 cm³/mol. The van der Waals surface area contributed by atoms with E-state index in [0.29, 0.717) is 0 Å². The summed E-state index contributed by atoms with van der Waals surface area (Å²) >= 11 is 0. The molecule has 1 heterocycles. The number of rotatable bonds is 2. The van der Waals surface area contributed by atoms with Gasteiger partial charge in [-0.15, -0.1) is 0 Å². The van der Waals surface area contributed by atoms with E-state index in [1.807, 2.05) is 0 Å². The van der Waals surface area contributed by atoms with E-state index in [1.54, 1.807) is 0 Å². The van der Waals surface area contributed by atoms with E-state index in [2.05, 4.69) is 159 Å².